The zero-order valence-corrected chi connectivity index (χ0v) is 10.9. The summed E-state index contributed by atoms with van der Waals surface area (Å²) >= 11 is 0. The van der Waals surface area contributed by atoms with Gasteiger partial charge in [-0.1, -0.05) is 30.7 Å². The number of carbonyl (C=O) groups excluding carboxylic acids is 1. The number of allylic oxidation sites excluding steroid dienone is 2. The van der Waals surface area contributed by atoms with E-state index < -0.39 is 0 Å². The van der Waals surface area contributed by atoms with E-state index in [1.54, 1.807) is 0 Å². The van der Waals surface area contributed by atoms with E-state index in [4.69, 9.17) is 4.74 Å². The van der Waals surface area contributed by atoms with Gasteiger partial charge in [0.2, 0.25) is 0 Å². The predicted molar refractivity (Wildman–Crippen MR) is 69.9 cm³/mol. The van der Waals surface area contributed by atoms with Gasteiger partial charge in [0.25, 0.3) is 0 Å². The highest BCUT2D eigenvalue weighted by Gasteiger charge is 2.15. The van der Waals surface area contributed by atoms with Crippen LogP contribution in [0.3, 0.4) is 0 Å². The minimum Gasteiger partial charge on any atom is -0.450 e. The van der Waals surface area contributed by atoms with Crippen LogP contribution in [-0.2, 0) is 4.74 Å². The third-order valence-corrected chi connectivity index (χ3v) is 3.10. The first-order valence-electron chi connectivity index (χ1n) is 6.37. The Morgan fingerprint density at radius 3 is 2.94 bits per heavy atom. The average molecular weight is 237 g/mol. The van der Waals surface area contributed by atoms with Crippen molar-refractivity contribution in [3.05, 3.63) is 23.8 Å². The molecule has 0 aliphatic heterocycles. The molecule has 1 N–H and O–H groups in total. The fraction of sp³-hybridized carbons (Fsp3) is 0.643. The maximum atomic E-state index is 11.2. The predicted octanol–water partition coefficient (Wildman–Crippen LogP) is 3.43. The van der Waals surface area contributed by atoms with Crippen LogP contribution >= 0.6 is 0 Å². The maximum absolute atomic E-state index is 11.2. The number of rotatable bonds is 5. The molecule has 1 aliphatic carbocycles. The lowest BCUT2D eigenvalue weighted by Gasteiger charge is -2.22. The molecule has 0 bridgehead atoms. The van der Waals surface area contributed by atoms with E-state index in [2.05, 4.69) is 24.9 Å². The Kier molecular flexibility index (Phi) is 5.81. The van der Waals surface area contributed by atoms with Crippen LogP contribution in [0.1, 0.15) is 39.5 Å². The molecule has 1 atom stereocenters. The highest BCUT2D eigenvalue weighted by molar-refractivity contribution is 5.67. The van der Waals surface area contributed by atoms with Gasteiger partial charge in [0.05, 0.1) is 6.61 Å². The first kappa shape index (κ1) is 13.8. The van der Waals surface area contributed by atoms with Gasteiger partial charge in [0, 0.05) is 6.54 Å². The topological polar surface area (TPSA) is 38.3 Å². The maximum Gasteiger partial charge on any atom is 0.407 e. The van der Waals surface area contributed by atoms with Crippen LogP contribution in [0, 0.1) is 5.92 Å². The summed E-state index contributed by atoms with van der Waals surface area (Å²) in [7, 11) is 0. The van der Waals surface area contributed by atoms with Crippen LogP contribution in [-0.4, -0.2) is 19.2 Å². The van der Waals surface area contributed by atoms with E-state index in [1.165, 1.54) is 11.1 Å². The van der Waals surface area contributed by atoms with E-state index in [9.17, 15) is 4.79 Å². The van der Waals surface area contributed by atoms with Crippen molar-refractivity contribution in [1.82, 2.24) is 5.32 Å². The van der Waals surface area contributed by atoms with Gasteiger partial charge in [-0.05, 0) is 38.5 Å². The van der Waals surface area contributed by atoms with Crippen molar-refractivity contribution in [2.75, 3.05) is 13.2 Å². The molecule has 0 aromatic rings. The standard InChI is InChI=1S/C14H23NO2/c1-4-9-17-14(16)15-10-12-5-7-13(8-6-12)11(2)3/h5,13H,2,4,6-10H2,1,3H3,(H,15,16). The minimum atomic E-state index is -0.310. The number of alkyl carbamates (subject to hydrolysis) is 1. The molecule has 3 nitrogen and oxygen atoms in total. The molecule has 1 unspecified atom stereocenters. The van der Waals surface area contributed by atoms with Gasteiger partial charge >= 0.3 is 6.09 Å². The summed E-state index contributed by atoms with van der Waals surface area (Å²) in [6, 6.07) is 0. The molecule has 0 heterocycles. The van der Waals surface area contributed by atoms with E-state index in [0.717, 1.165) is 25.7 Å². The van der Waals surface area contributed by atoms with Crippen molar-refractivity contribution in [3.63, 3.8) is 0 Å². The fourth-order valence-electron chi connectivity index (χ4n) is 1.93. The molecule has 1 amide bonds. The van der Waals surface area contributed by atoms with Gasteiger partial charge in [0.15, 0.2) is 0 Å². The first-order valence-corrected chi connectivity index (χ1v) is 6.37. The fourth-order valence-corrected chi connectivity index (χ4v) is 1.93. The molecule has 3 heteroatoms. The molecule has 0 saturated carbocycles. The van der Waals surface area contributed by atoms with Gasteiger partial charge < -0.3 is 10.1 Å². The molecule has 0 spiro atoms. The number of hydrogen-bond acceptors (Lipinski definition) is 2. The molecule has 0 fully saturated rings. The second-order valence-electron chi connectivity index (χ2n) is 4.67. The monoisotopic (exact) mass is 237 g/mol. The summed E-state index contributed by atoms with van der Waals surface area (Å²) in [4.78, 5) is 11.2. The first-order chi connectivity index (χ1) is 8.13. The molecule has 96 valence electrons. The zero-order chi connectivity index (χ0) is 12.7. The molecule has 17 heavy (non-hydrogen) atoms. The SMILES string of the molecule is C=C(C)C1CC=C(CNC(=O)OCCC)CC1. The quantitative estimate of drug-likeness (QED) is 0.744. The largest absolute Gasteiger partial charge is 0.450 e. The Morgan fingerprint density at radius 2 is 2.41 bits per heavy atom. The van der Waals surface area contributed by atoms with E-state index >= 15 is 0 Å². The van der Waals surface area contributed by atoms with E-state index in [0.29, 0.717) is 19.1 Å². The smallest absolute Gasteiger partial charge is 0.407 e. The molecule has 0 aromatic heterocycles. The number of nitrogens with one attached hydrogen (secondary N) is 1. The molecule has 0 aromatic carbocycles. The molecular weight excluding hydrogens is 214 g/mol. The van der Waals surface area contributed by atoms with Crippen molar-refractivity contribution >= 4 is 6.09 Å². The summed E-state index contributed by atoms with van der Waals surface area (Å²) in [5, 5.41) is 2.78. The van der Waals surface area contributed by atoms with Gasteiger partial charge in [-0.25, -0.2) is 4.79 Å². The highest BCUT2D eigenvalue weighted by atomic mass is 16.5. The minimum absolute atomic E-state index is 0.310. The third kappa shape index (κ3) is 5.07. The summed E-state index contributed by atoms with van der Waals surface area (Å²) in [5.74, 6) is 0.616. The van der Waals surface area contributed by atoms with Crippen molar-refractivity contribution in [1.29, 1.82) is 0 Å². The van der Waals surface area contributed by atoms with Crippen molar-refractivity contribution in [2.45, 2.75) is 39.5 Å². The Morgan fingerprint density at radius 1 is 1.65 bits per heavy atom. The number of amides is 1. The van der Waals surface area contributed by atoms with Crippen LogP contribution in [0.15, 0.2) is 23.8 Å². The highest BCUT2D eigenvalue weighted by Crippen LogP contribution is 2.27. The van der Waals surface area contributed by atoms with E-state index in [-0.39, 0.29) is 6.09 Å². The Balaban J connectivity index is 2.25. The lowest BCUT2D eigenvalue weighted by atomic mass is 9.85. The molecular formula is C14H23NO2. The summed E-state index contributed by atoms with van der Waals surface area (Å²) < 4.78 is 4.95. The van der Waals surface area contributed by atoms with Gasteiger partial charge in [-0.3, -0.25) is 0 Å². The van der Waals surface area contributed by atoms with Crippen LogP contribution in [0.5, 0.6) is 0 Å². The second-order valence-corrected chi connectivity index (χ2v) is 4.67. The van der Waals surface area contributed by atoms with Gasteiger partial charge in [-0.15, -0.1) is 0 Å². The lowest BCUT2D eigenvalue weighted by Crippen LogP contribution is -2.27. The molecule has 0 saturated heterocycles. The van der Waals surface area contributed by atoms with Crippen molar-refractivity contribution < 1.29 is 9.53 Å². The normalized spacial score (nSPS) is 19.4. The number of hydrogen-bond donors (Lipinski definition) is 1. The van der Waals surface area contributed by atoms with Crippen LogP contribution in [0.25, 0.3) is 0 Å². The number of carbonyl (C=O) groups is 1. The van der Waals surface area contributed by atoms with Gasteiger partial charge in [-0.2, -0.15) is 0 Å². The summed E-state index contributed by atoms with van der Waals surface area (Å²) in [5.41, 5.74) is 2.56. The molecule has 1 rings (SSSR count). The van der Waals surface area contributed by atoms with Crippen LogP contribution < -0.4 is 5.32 Å². The zero-order valence-electron chi connectivity index (χ0n) is 10.9. The Labute approximate surface area is 104 Å². The molecule has 1 aliphatic rings. The van der Waals surface area contributed by atoms with Crippen molar-refractivity contribution in [3.8, 4) is 0 Å². The lowest BCUT2D eigenvalue weighted by molar-refractivity contribution is 0.147. The van der Waals surface area contributed by atoms with Crippen LogP contribution in [0.4, 0.5) is 4.79 Å². The Hall–Kier alpha value is -1.25. The molecule has 0 radical (unpaired) electrons. The van der Waals surface area contributed by atoms with E-state index in [1.807, 2.05) is 6.92 Å². The van der Waals surface area contributed by atoms with Crippen LogP contribution in [0.2, 0.25) is 0 Å². The van der Waals surface area contributed by atoms with Gasteiger partial charge in [0.1, 0.15) is 0 Å². The average Bonchev–Trinajstić information content (AvgIpc) is 2.34. The third-order valence-electron chi connectivity index (χ3n) is 3.10. The summed E-state index contributed by atoms with van der Waals surface area (Å²) in [6.45, 7) is 9.17. The van der Waals surface area contributed by atoms with Crippen molar-refractivity contribution in [2.24, 2.45) is 5.92 Å². The summed E-state index contributed by atoms with van der Waals surface area (Å²) in [6.07, 6.45) is 6.02. The number of ether oxygens (including phenoxy) is 1. The second kappa shape index (κ2) is 7.15. The Bertz CT molecular complexity index is 307.